The van der Waals surface area contributed by atoms with Crippen LogP contribution in [-0.4, -0.2) is 22.8 Å². The van der Waals surface area contributed by atoms with Crippen molar-refractivity contribution in [3.8, 4) is 45.0 Å². The maximum absolute atomic E-state index is 9.74. The SMILES string of the molecule is N#Cc1c(-c2ccc3c(c2)OCCO3)csc1OCc1ccc(-c2csnn2)cc1. The molecule has 0 saturated heterocycles. The Morgan fingerprint density at radius 3 is 2.57 bits per heavy atom. The van der Waals surface area contributed by atoms with Gasteiger partial charge in [0.1, 0.15) is 37.1 Å². The molecule has 0 spiro atoms. The molecule has 148 valence electrons. The van der Waals surface area contributed by atoms with E-state index in [2.05, 4.69) is 15.7 Å². The topological polar surface area (TPSA) is 77.3 Å². The van der Waals surface area contributed by atoms with Crippen LogP contribution in [0.3, 0.4) is 0 Å². The van der Waals surface area contributed by atoms with Crippen LogP contribution >= 0.6 is 22.9 Å². The Hall–Kier alpha value is -3.41. The molecule has 0 atom stereocenters. The van der Waals surface area contributed by atoms with Gasteiger partial charge in [0, 0.05) is 21.9 Å². The van der Waals surface area contributed by atoms with Gasteiger partial charge >= 0.3 is 0 Å². The Kier molecular flexibility index (Phi) is 5.05. The van der Waals surface area contributed by atoms with Crippen LogP contribution in [0.25, 0.3) is 22.4 Å². The van der Waals surface area contributed by atoms with Gasteiger partial charge in [-0.2, -0.15) is 5.26 Å². The van der Waals surface area contributed by atoms with E-state index in [4.69, 9.17) is 14.2 Å². The quantitative estimate of drug-likeness (QED) is 0.433. The van der Waals surface area contributed by atoms with Crippen LogP contribution in [0.5, 0.6) is 16.6 Å². The Morgan fingerprint density at radius 1 is 1.00 bits per heavy atom. The average Bonchev–Trinajstić information content (AvgIpc) is 3.48. The third-order valence-corrected chi connectivity index (χ3v) is 6.10. The summed E-state index contributed by atoms with van der Waals surface area (Å²) in [6.45, 7) is 1.45. The van der Waals surface area contributed by atoms with Gasteiger partial charge in [-0.25, -0.2) is 0 Å². The van der Waals surface area contributed by atoms with Gasteiger partial charge in [-0.3, -0.25) is 0 Å². The predicted octanol–water partition coefficient (Wildman–Crippen LogP) is 5.16. The van der Waals surface area contributed by atoms with E-state index in [0.717, 1.165) is 33.7 Å². The lowest BCUT2D eigenvalue weighted by molar-refractivity contribution is 0.171. The number of ether oxygens (including phenoxy) is 3. The van der Waals surface area contributed by atoms with Crippen LogP contribution in [0.4, 0.5) is 0 Å². The fourth-order valence-electron chi connectivity index (χ4n) is 3.19. The van der Waals surface area contributed by atoms with E-state index in [9.17, 15) is 5.26 Å². The first-order valence-electron chi connectivity index (χ1n) is 9.22. The summed E-state index contributed by atoms with van der Waals surface area (Å²) in [5.74, 6) is 1.43. The normalized spacial score (nSPS) is 12.4. The first-order chi connectivity index (χ1) is 14.8. The number of nitrogens with zero attached hydrogens (tertiary/aromatic N) is 3. The van der Waals surface area contributed by atoms with Crippen molar-refractivity contribution in [3.05, 3.63) is 64.4 Å². The van der Waals surface area contributed by atoms with Gasteiger partial charge in [0.05, 0.1) is 0 Å². The molecule has 0 radical (unpaired) electrons. The molecule has 5 rings (SSSR count). The lowest BCUT2D eigenvalue weighted by atomic mass is 10.0. The minimum atomic E-state index is 0.380. The van der Waals surface area contributed by atoms with Crippen LogP contribution in [0.1, 0.15) is 11.1 Å². The molecular formula is C22H15N3O3S2. The molecule has 3 heterocycles. The average molecular weight is 434 g/mol. The highest BCUT2D eigenvalue weighted by atomic mass is 32.1. The smallest absolute Gasteiger partial charge is 0.192 e. The number of fused-ring (bicyclic) bond motifs is 1. The molecule has 0 amide bonds. The predicted molar refractivity (Wildman–Crippen MR) is 115 cm³/mol. The molecule has 2 aromatic heterocycles. The second kappa shape index (κ2) is 8.14. The molecule has 6 nitrogen and oxygen atoms in total. The number of nitriles is 1. The van der Waals surface area contributed by atoms with Crippen molar-refractivity contribution < 1.29 is 14.2 Å². The van der Waals surface area contributed by atoms with Crippen molar-refractivity contribution in [2.75, 3.05) is 13.2 Å². The van der Waals surface area contributed by atoms with Crippen LogP contribution in [0, 0.1) is 11.3 Å². The summed E-state index contributed by atoms with van der Waals surface area (Å²) < 4.78 is 21.1. The van der Waals surface area contributed by atoms with Gasteiger partial charge in [0.25, 0.3) is 0 Å². The molecule has 4 aromatic rings. The van der Waals surface area contributed by atoms with Crippen LogP contribution in [0.15, 0.2) is 53.2 Å². The standard InChI is InChI=1S/C22H15N3O3S2/c23-10-17-18(16-5-6-20-21(9-16)27-8-7-26-20)12-29-22(17)28-11-14-1-3-15(4-2-14)19-13-30-25-24-19/h1-6,9,12-13H,7-8,11H2. The number of rotatable bonds is 5. The molecule has 8 heteroatoms. The fraction of sp³-hybridized carbons (Fsp3) is 0.136. The third-order valence-electron chi connectivity index (χ3n) is 4.70. The van der Waals surface area contributed by atoms with Crippen molar-refractivity contribution >= 4 is 22.9 Å². The summed E-state index contributed by atoms with van der Waals surface area (Å²) in [5.41, 5.74) is 5.16. The van der Waals surface area contributed by atoms with E-state index >= 15 is 0 Å². The molecule has 30 heavy (non-hydrogen) atoms. The van der Waals surface area contributed by atoms with E-state index in [-0.39, 0.29) is 0 Å². The van der Waals surface area contributed by atoms with Crippen LogP contribution < -0.4 is 14.2 Å². The first-order valence-corrected chi connectivity index (χ1v) is 10.9. The number of thiophene rings is 1. The van der Waals surface area contributed by atoms with Crippen molar-refractivity contribution in [2.24, 2.45) is 0 Å². The van der Waals surface area contributed by atoms with Gasteiger partial charge in [-0.15, -0.1) is 16.4 Å². The van der Waals surface area contributed by atoms with E-state index in [1.165, 1.54) is 22.9 Å². The first kappa shape index (κ1) is 18.6. The Bertz CT molecular complexity index is 1210. The van der Waals surface area contributed by atoms with Crippen molar-refractivity contribution in [3.63, 3.8) is 0 Å². The minimum Gasteiger partial charge on any atom is -0.486 e. The largest absolute Gasteiger partial charge is 0.486 e. The Labute approximate surface area is 181 Å². The zero-order valence-corrected chi connectivity index (χ0v) is 17.3. The maximum atomic E-state index is 9.74. The summed E-state index contributed by atoms with van der Waals surface area (Å²) in [6.07, 6.45) is 0. The summed E-state index contributed by atoms with van der Waals surface area (Å²) in [7, 11) is 0. The highest BCUT2D eigenvalue weighted by molar-refractivity contribution is 7.12. The molecule has 0 saturated carbocycles. The second-order valence-electron chi connectivity index (χ2n) is 6.56. The highest BCUT2D eigenvalue weighted by Crippen LogP contribution is 2.40. The molecule has 0 aliphatic carbocycles. The van der Waals surface area contributed by atoms with Gasteiger partial charge < -0.3 is 14.2 Å². The van der Waals surface area contributed by atoms with Crippen LogP contribution in [-0.2, 0) is 6.61 Å². The van der Waals surface area contributed by atoms with Crippen molar-refractivity contribution in [1.29, 1.82) is 5.26 Å². The van der Waals surface area contributed by atoms with Crippen molar-refractivity contribution in [1.82, 2.24) is 9.59 Å². The zero-order chi connectivity index (χ0) is 20.3. The molecule has 1 aliphatic rings. The van der Waals surface area contributed by atoms with Gasteiger partial charge in [0.2, 0.25) is 0 Å². The summed E-state index contributed by atoms with van der Waals surface area (Å²) in [4.78, 5) is 0. The van der Waals surface area contributed by atoms with E-state index in [1.54, 1.807) is 0 Å². The Morgan fingerprint density at radius 2 is 1.80 bits per heavy atom. The lowest BCUT2D eigenvalue weighted by Crippen LogP contribution is -2.15. The molecule has 0 N–H and O–H groups in total. The van der Waals surface area contributed by atoms with Gasteiger partial charge in [0.15, 0.2) is 16.6 Å². The molecule has 0 unspecified atom stereocenters. The molecule has 2 aromatic carbocycles. The van der Waals surface area contributed by atoms with Crippen molar-refractivity contribution in [2.45, 2.75) is 6.61 Å². The van der Waals surface area contributed by atoms with Gasteiger partial charge in [-0.05, 0) is 34.8 Å². The Balaban J connectivity index is 1.34. The second-order valence-corrected chi connectivity index (χ2v) is 8.01. The zero-order valence-electron chi connectivity index (χ0n) is 15.7. The van der Waals surface area contributed by atoms with E-state index in [0.29, 0.717) is 36.2 Å². The van der Waals surface area contributed by atoms with Crippen LogP contribution in [0.2, 0.25) is 0 Å². The monoisotopic (exact) mass is 433 g/mol. The van der Waals surface area contributed by atoms with E-state index in [1.807, 2.05) is 53.2 Å². The van der Waals surface area contributed by atoms with E-state index < -0.39 is 0 Å². The summed E-state index contributed by atoms with van der Waals surface area (Å²) >= 11 is 2.75. The summed E-state index contributed by atoms with van der Waals surface area (Å²) in [5, 5.41) is 18.3. The number of hydrogen-bond acceptors (Lipinski definition) is 8. The summed E-state index contributed by atoms with van der Waals surface area (Å²) in [6, 6.07) is 16.0. The minimum absolute atomic E-state index is 0.380. The third kappa shape index (κ3) is 3.61. The molecule has 0 bridgehead atoms. The molecule has 1 aliphatic heterocycles. The lowest BCUT2D eigenvalue weighted by Gasteiger charge is -2.18. The molecular weight excluding hydrogens is 418 g/mol. The number of hydrogen-bond donors (Lipinski definition) is 0. The number of aromatic nitrogens is 2. The maximum Gasteiger partial charge on any atom is 0.192 e. The van der Waals surface area contributed by atoms with Gasteiger partial charge in [-0.1, -0.05) is 34.8 Å². The highest BCUT2D eigenvalue weighted by Gasteiger charge is 2.18. The number of benzene rings is 2. The molecule has 0 fully saturated rings. The fourth-order valence-corrected chi connectivity index (χ4v) is 4.53.